The monoisotopic (exact) mass is 389 g/mol. The molecule has 0 saturated carbocycles. The third-order valence-corrected chi connectivity index (χ3v) is 4.99. The van der Waals surface area contributed by atoms with Gasteiger partial charge in [0.05, 0.1) is 12.6 Å². The summed E-state index contributed by atoms with van der Waals surface area (Å²) in [6.45, 7) is 1.73. The first-order valence-corrected chi connectivity index (χ1v) is 9.44. The first-order chi connectivity index (χ1) is 13.5. The lowest BCUT2D eigenvalue weighted by Crippen LogP contribution is -2.46. The quantitative estimate of drug-likeness (QED) is 0.682. The Labute approximate surface area is 163 Å². The van der Waals surface area contributed by atoms with Crippen LogP contribution >= 0.6 is 0 Å². The Morgan fingerprint density at radius 2 is 1.96 bits per heavy atom. The summed E-state index contributed by atoms with van der Waals surface area (Å²) in [6, 6.07) is 12.9. The van der Waals surface area contributed by atoms with Gasteiger partial charge in [0, 0.05) is 31.4 Å². The molecular weight excluding hydrogens is 364 g/mol. The molecule has 3 N–H and O–H groups in total. The molecule has 3 rings (SSSR count). The maximum Gasteiger partial charge on any atom is 0.315 e. The number of urea groups is 1. The normalized spacial score (nSPS) is 17.4. The SMILES string of the molecule is O=C(NCC1CCN(c2ccc(F)c(F)c2)C1)NC(CO)Cc1ccccc1. The number of hydrogen-bond donors (Lipinski definition) is 3. The first-order valence-electron chi connectivity index (χ1n) is 9.44. The van der Waals surface area contributed by atoms with Crippen molar-refractivity contribution in [3.63, 3.8) is 0 Å². The van der Waals surface area contributed by atoms with E-state index in [1.54, 1.807) is 6.07 Å². The van der Waals surface area contributed by atoms with Gasteiger partial charge in [-0.2, -0.15) is 0 Å². The molecule has 7 heteroatoms. The van der Waals surface area contributed by atoms with Gasteiger partial charge in [-0.3, -0.25) is 0 Å². The Hall–Kier alpha value is -2.67. The molecular formula is C21H25F2N3O2. The highest BCUT2D eigenvalue weighted by Crippen LogP contribution is 2.24. The summed E-state index contributed by atoms with van der Waals surface area (Å²) in [6.07, 6.45) is 1.41. The molecule has 2 atom stereocenters. The minimum Gasteiger partial charge on any atom is -0.394 e. The van der Waals surface area contributed by atoms with E-state index in [1.165, 1.54) is 6.07 Å². The second-order valence-electron chi connectivity index (χ2n) is 7.12. The minimum atomic E-state index is -0.855. The Morgan fingerprint density at radius 3 is 2.68 bits per heavy atom. The molecule has 2 aromatic rings. The van der Waals surface area contributed by atoms with Crippen molar-refractivity contribution < 1.29 is 18.7 Å². The highest BCUT2D eigenvalue weighted by Gasteiger charge is 2.24. The number of rotatable bonds is 7. The van der Waals surface area contributed by atoms with Crippen molar-refractivity contribution in [2.24, 2.45) is 5.92 Å². The van der Waals surface area contributed by atoms with Crippen LogP contribution in [0.5, 0.6) is 0 Å². The standard InChI is InChI=1S/C21H25F2N3O2/c22-19-7-6-18(11-20(19)23)26-9-8-16(13-26)12-24-21(28)25-17(14-27)10-15-4-2-1-3-5-15/h1-7,11,16-17,27H,8-10,12-14H2,(H2,24,25,28). The van der Waals surface area contributed by atoms with E-state index in [0.29, 0.717) is 25.2 Å². The van der Waals surface area contributed by atoms with Crippen LogP contribution in [0.25, 0.3) is 0 Å². The van der Waals surface area contributed by atoms with Crippen molar-refractivity contribution in [2.45, 2.75) is 18.9 Å². The number of aliphatic hydroxyl groups is 1. The third-order valence-electron chi connectivity index (χ3n) is 4.99. The number of anilines is 1. The van der Waals surface area contributed by atoms with Gasteiger partial charge < -0.3 is 20.6 Å². The zero-order chi connectivity index (χ0) is 19.9. The Balaban J connectivity index is 1.43. The molecule has 5 nitrogen and oxygen atoms in total. The molecule has 0 aromatic heterocycles. The number of nitrogens with one attached hydrogen (secondary N) is 2. The number of nitrogens with zero attached hydrogens (tertiary/aromatic N) is 1. The van der Waals surface area contributed by atoms with Crippen molar-refractivity contribution in [3.05, 3.63) is 65.7 Å². The smallest absolute Gasteiger partial charge is 0.315 e. The summed E-state index contributed by atoms with van der Waals surface area (Å²) < 4.78 is 26.5. The van der Waals surface area contributed by atoms with Gasteiger partial charge in [-0.25, -0.2) is 13.6 Å². The van der Waals surface area contributed by atoms with Crippen LogP contribution in [0.3, 0.4) is 0 Å². The second kappa shape index (κ2) is 9.50. The first kappa shape index (κ1) is 20.1. The highest BCUT2D eigenvalue weighted by molar-refractivity contribution is 5.74. The van der Waals surface area contributed by atoms with Crippen molar-refractivity contribution >= 4 is 11.7 Å². The molecule has 2 aromatic carbocycles. The van der Waals surface area contributed by atoms with Crippen LogP contribution in [0.2, 0.25) is 0 Å². The minimum absolute atomic E-state index is 0.143. The van der Waals surface area contributed by atoms with E-state index in [1.807, 2.05) is 35.2 Å². The fourth-order valence-corrected chi connectivity index (χ4v) is 3.45. The summed E-state index contributed by atoms with van der Waals surface area (Å²) in [7, 11) is 0. The average Bonchev–Trinajstić information content (AvgIpc) is 3.18. The van der Waals surface area contributed by atoms with Crippen molar-refractivity contribution in [2.75, 3.05) is 31.1 Å². The van der Waals surface area contributed by atoms with E-state index in [4.69, 9.17) is 0 Å². The van der Waals surface area contributed by atoms with E-state index >= 15 is 0 Å². The highest BCUT2D eigenvalue weighted by atomic mass is 19.2. The van der Waals surface area contributed by atoms with E-state index in [2.05, 4.69) is 10.6 Å². The molecule has 1 aliphatic heterocycles. The van der Waals surface area contributed by atoms with E-state index in [-0.39, 0.29) is 24.6 Å². The molecule has 0 bridgehead atoms. The van der Waals surface area contributed by atoms with Gasteiger partial charge in [0.15, 0.2) is 11.6 Å². The fourth-order valence-electron chi connectivity index (χ4n) is 3.45. The maximum absolute atomic E-state index is 13.4. The van der Waals surface area contributed by atoms with E-state index in [9.17, 15) is 18.7 Å². The molecule has 150 valence electrons. The average molecular weight is 389 g/mol. The number of benzene rings is 2. The summed E-state index contributed by atoms with van der Waals surface area (Å²) in [5.74, 6) is -1.49. The van der Waals surface area contributed by atoms with Gasteiger partial charge >= 0.3 is 6.03 Å². The maximum atomic E-state index is 13.4. The van der Waals surface area contributed by atoms with Crippen LogP contribution in [0.4, 0.5) is 19.3 Å². The van der Waals surface area contributed by atoms with Gasteiger partial charge in [-0.05, 0) is 36.5 Å². The number of aliphatic hydroxyl groups excluding tert-OH is 1. The Morgan fingerprint density at radius 1 is 1.18 bits per heavy atom. The molecule has 1 fully saturated rings. The second-order valence-corrected chi connectivity index (χ2v) is 7.12. The van der Waals surface area contributed by atoms with Crippen LogP contribution in [0.15, 0.2) is 48.5 Å². The zero-order valence-electron chi connectivity index (χ0n) is 15.6. The summed E-state index contributed by atoms with van der Waals surface area (Å²) in [4.78, 5) is 14.1. The lowest BCUT2D eigenvalue weighted by Gasteiger charge is -2.20. The van der Waals surface area contributed by atoms with Crippen molar-refractivity contribution in [1.29, 1.82) is 0 Å². The molecule has 1 saturated heterocycles. The predicted molar refractivity (Wildman–Crippen MR) is 104 cm³/mol. The van der Waals surface area contributed by atoms with Gasteiger partial charge in [0.2, 0.25) is 0 Å². The molecule has 1 aliphatic rings. The predicted octanol–water partition coefficient (Wildman–Crippen LogP) is 2.69. The molecule has 0 radical (unpaired) electrons. The molecule has 28 heavy (non-hydrogen) atoms. The van der Waals surface area contributed by atoms with Crippen LogP contribution < -0.4 is 15.5 Å². The van der Waals surface area contributed by atoms with Crippen molar-refractivity contribution in [3.8, 4) is 0 Å². The summed E-state index contributed by atoms with van der Waals surface area (Å²) in [5.41, 5.74) is 1.69. The van der Waals surface area contributed by atoms with Gasteiger partial charge in [0.1, 0.15) is 0 Å². The number of halogens is 2. The molecule has 2 amide bonds. The van der Waals surface area contributed by atoms with Crippen LogP contribution in [-0.4, -0.2) is 43.4 Å². The van der Waals surface area contributed by atoms with E-state index < -0.39 is 11.6 Å². The topological polar surface area (TPSA) is 64.6 Å². The largest absolute Gasteiger partial charge is 0.394 e. The summed E-state index contributed by atoms with van der Waals surface area (Å²) in [5, 5.41) is 15.1. The zero-order valence-corrected chi connectivity index (χ0v) is 15.6. The van der Waals surface area contributed by atoms with Gasteiger partial charge in [0.25, 0.3) is 0 Å². The lowest BCUT2D eigenvalue weighted by atomic mass is 10.1. The Bertz CT molecular complexity index is 788. The Kier molecular flexibility index (Phi) is 6.81. The van der Waals surface area contributed by atoms with Gasteiger partial charge in [-0.15, -0.1) is 0 Å². The number of carbonyl (C=O) groups is 1. The fraction of sp³-hybridized carbons (Fsp3) is 0.381. The van der Waals surface area contributed by atoms with Crippen LogP contribution in [0, 0.1) is 17.6 Å². The van der Waals surface area contributed by atoms with Crippen molar-refractivity contribution in [1.82, 2.24) is 10.6 Å². The van der Waals surface area contributed by atoms with Crippen LogP contribution in [-0.2, 0) is 6.42 Å². The molecule has 2 unspecified atom stereocenters. The number of hydrogen-bond acceptors (Lipinski definition) is 3. The van der Waals surface area contributed by atoms with E-state index in [0.717, 1.165) is 24.6 Å². The molecule has 0 spiro atoms. The van der Waals surface area contributed by atoms with Gasteiger partial charge in [-0.1, -0.05) is 30.3 Å². The number of amides is 2. The summed E-state index contributed by atoms with van der Waals surface area (Å²) >= 11 is 0. The lowest BCUT2D eigenvalue weighted by molar-refractivity contribution is 0.215. The third kappa shape index (κ3) is 5.42. The molecule has 0 aliphatic carbocycles. The molecule has 1 heterocycles. The van der Waals surface area contributed by atoms with Crippen LogP contribution in [0.1, 0.15) is 12.0 Å². The number of carbonyl (C=O) groups excluding carboxylic acids is 1.